The highest BCUT2D eigenvalue weighted by Crippen LogP contribution is 2.34. The molecule has 0 aromatic heterocycles. The second kappa shape index (κ2) is 7.80. The van der Waals surface area contributed by atoms with Crippen LogP contribution in [0.3, 0.4) is 0 Å². The van der Waals surface area contributed by atoms with Crippen molar-refractivity contribution in [2.45, 2.75) is 12.5 Å². The Morgan fingerprint density at radius 3 is 2.36 bits per heavy atom. The Labute approximate surface area is 155 Å². The van der Waals surface area contributed by atoms with Crippen molar-refractivity contribution in [3.63, 3.8) is 0 Å². The number of hydrogen-bond donors (Lipinski definition) is 0. The number of halogens is 2. The van der Waals surface area contributed by atoms with E-state index in [1.165, 1.54) is 31.2 Å². The quantitative estimate of drug-likeness (QED) is 0.688. The molecule has 0 radical (unpaired) electrons. The molecular weight excluding hydrogens is 393 g/mol. The number of methoxy groups -OCH3 is 1. The zero-order valence-electron chi connectivity index (χ0n) is 13.6. The Hall–Kier alpha value is -1.51. The molecule has 1 aromatic rings. The maximum Gasteiger partial charge on any atom is 0.338 e. The van der Waals surface area contributed by atoms with Gasteiger partial charge in [-0.1, -0.05) is 23.2 Å². The van der Waals surface area contributed by atoms with E-state index >= 15 is 0 Å². The first-order chi connectivity index (χ1) is 11.6. The van der Waals surface area contributed by atoms with Crippen LogP contribution < -0.4 is 4.74 Å². The molecule has 2 rings (SSSR count). The van der Waals surface area contributed by atoms with Crippen molar-refractivity contribution in [1.29, 1.82) is 0 Å². The molecule has 1 atom stereocenters. The van der Waals surface area contributed by atoms with E-state index in [0.29, 0.717) is 6.42 Å². The van der Waals surface area contributed by atoms with Gasteiger partial charge in [0.15, 0.2) is 22.2 Å². The smallest absolute Gasteiger partial charge is 0.338 e. The van der Waals surface area contributed by atoms with Gasteiger partial charge in [0.1, 0.15) is 0 Å². The van der Waals surface area contributed by atoms with Gasteiger partial charge >= 0.3 is 5.97 Å². The van der Waals surface area contributed by atoms with E-state index < -0.39 is 34.4 Å². The lowest BCUT2D eigenvalue weighted by Crippen LogP contribution is -2.40. The third kappa shape index (κ3) is 4.77. The van der Waals surface area contributed by atoms with Crippen LogP contribution in [0.5, 0.6) is 5.75 Å². The van der Waals surface area contributed by atoms with Gasteiger partial charge in [-0.3, -0.25) is 4.79 Å². The van der Waals surface area contributed by atoms with E-state index in [1.54, 1.807) is 0 Å². The lowest BCUT2D eigenvalue weighted by atomic mass is 10.2. The van der Waals surface area contributed by atoms with Gasteiger partial charge < -0.3 is 14.4 Å². The summed E-state index contributed by atoms with van der Waals surface area (Å²) in [4.78, 5) is 25.4. The molecule has 1 aliphatic rings. The summed E-state index contributed by atoms with van der Waals surface area (Å²) in [6.45, 7) is -0.507. The van der Waals surface area contributed by atoms with Crippen LogP contribution >= 0.6 is 23.2 Å². The van der Waals surface area contributed by atoms with Crippen molar-refractivity contribution >= 4 is 44.9 Å². The fourth-order valence-electron chi connectivity index (χ4n) is 2.47. The summed E-state index contributed by atoms with van der Waals surface area (Å²) >= 11 is 11.9. The predicted molar refractivity (Wildman–Crippen MR) is 93.1 cm³/mol. The maximum absolute atomic E-state index is 12.1. The zero-order chi connectivity index (χ0) is 18.8. The van der Waals surface area contributed by atoms with Crippen LogP contribution in [-0.2, 0) is 19.4 Å². The van der Waals surface area contributed by atoms with Crippen LogP contribution in [0, 0.1) is 0 Å². The summed E-state index contributed by atoms with van der Waals surface area (Å²) in [5.74, 6) is -1.04. The Balaban J connectivity index is 1.97. The van der Waals surface area contributed by atoms with Gasteiger partial charge in [-0.15, -0.1) is 0 Å². The molecule has 7 nitrogen and oxygen atoms in total. The summed E-state index contributed by atoms with van der Waals surface area (Å²) in [6.07, 6.45) is 0.377. The fraction of sp³-hybridized carbons (Fsp3) is 0.467. The molecule has 10 heteroatoms. The van der Waals surface area contributed by atoms with Crippen molar-refractivity contribution in [2.24, 2.45) is 0 Å². The summed E-state index contributed by atoms with van der Waals surface area (Å²) in [7, 11) is -0.227. The van der Waals surface area contributed by atoms with E-state index in [1.807, 2.05) is 0 Å². The van der Waals surface area contributed by atoms with Gasteiger partial charge in [-0.05, 0) is 18.6 Å². The minimum Gasteiger partial charge on any atom is -0.494 e. The van der Waals surface area contributed by atoms with Crippen LogP contribution in [0.1, 0.15) is 16.8 Å². The van der Waals surface area contributed by atoms with Crippen molar-refractivity contribution in [2.75, 3.05) is 32.3 Å². The zero-order valence-corrected chi connectivity index (χ0v) is 15.9. The largest absolute Gasteiger partial charge is 0.494 e. The molecule has 138 valence electrons. The Kier molecular flexibility index (Phi) is 6.18. The number of nitrogens with zero attached hydrogens (tertiary/aromatic N) is 1. The molecule has 1 aliphatic heterocycles. The first kappa shape index (κ1) is 19.8. The van der Waals surface area contributed by atoms with Gasteiger partial charge in [0.2, 0.25) is 0 Å². The molecule has 1 amide bonds. The number of hydrogen-bond acceptors (Lipinski definition) is 6. The normalized spacial score (nSPS) is 18.6. The van der Waals surface area contributed by atoms with E-state index in [0.717, 1.165) is 0 Å². The molecule has 25 heavy (non-hydrogen) atoms. The molecule has 0 saturated carbocycles. The monoisotopic (exact) mass is 409 g/mol. The number of ether oxygens (including phenoxy) is 2. The molecule has 0 spiro atoms. The number of benzene rings is 1. The molecule has 1 aromatic carbocycles. The Morgan fingerprint density at radius 1 is 1.28 bits per heavy atom. The standard InChI is InChI=1S/C15H17Cl2NO6S/c1-18(10-3-4-25(21,22)8-10)13(19)7-24-15(20)9-5-11(16)14(23-2)12(17)6-9/h5-6,10H,3-4,7-8H2,1-2H3/t10-/m0/s1. The average Bonchev–Trinajstić information content (AvgIpc) is 2.91. The minimum atomic E-state index is -3.11. The van der Waals surface area contributed by atoms with Gasteiger partial charge in [0.25, 0.3) is 5.91 Å². The number of likely N-dealkylation sites (N-methyl/N-ethyl adjacent to an activating group) is 1. The highest BCUT2D eigenvalue weighted by molar-refractivity contribution is 7.91. The molecule has 0 N–H and O–H groups in total. The second-order valence-electron chi connectivity index (χ2n) is 5.61. The number of sulfone groups is 1. The molecular formula is C15H17Cl2NO6S. The van der Waals surface area contributed by atoms with Gasteiger partial charge in [-0.2, -0.15) is 0 Å². The van der Waals surface area contributed by atoms with Crippen molar-refractivity contribution in [3.8, 4) is 5.75 Å². The topological polar surface area (TPSA) is 90.0 Å². The average molecular weight is 410 g/mol. The SMILES string of the molecule is COc1c(Cl)cc(C(=O)OCC(=O)N(C)[C@H]2CCS(=O)(=O)C2)cc1Cl. The lowest BCUT2D eigenvalue weighted by Gasteiger charge is -2.23. The highest BCUT2D eigenvalue weighted by Gasteiger charge is 2.33. The van der Waals surface area contributed by atoms with E-state index in [9.17, 15) is 18.0 Å². The number of rotatable bonds is 5. The van der Waals surface area contributed by atoms with Crippen LogP contribution in [0.15, 0.2) is 12.1 Å². The van der Waals surface area contributed by atoms with Gasteiger partial charge in [0.05, 0.1) is 34.2 Å². The van der Waals surface area contributed by atoms with Crippen molar-refractivity contribution in [1.82, 2.24) is 4.90 Å². The maximum atomic E-state index is 12.1. The summed E-state index contributed by atoms with van der Waals surface area (Å²) < 4.78 is 32.9. The van der Waals surface area contributed by atoms with E-state index in [4.69, 9.17) is 32.7 Å². The van der Waals surface area contributed by atoms with E-state index in [2.05, 4.69) is 0 Å². The predicted octanol–water partition coefficient (Wildman–Crippen LogP) is 1.80. The fourth-order valence-corrected chi connectivity index (χ4v) is 4.89. The van der Waals surface area contributed by atoms with E-state index in [-0.39, 0.29) is 32.9 Å². The molecule has 0 unspecified atom stereocenters. The molecule has 1 heterocycles. The number of carbonyl (C=O) groups excluding carboxylic acids is 2. The first-order valence-corrected chi connectivity index (χ1v) is 9.88. The lowest BCUT2D eigenvalue weighted by molar-refractivity contribution is -0.134. The van der Waals surface area contributed by atoms with Crippen LogP contribution in [0.25, 0.3) is 0 Å². The van der Waals surface area contributed by atoms with Crippen LogP contribution in [-0.4, -0.2) is 63.5 Å². The second-order valence-corrected chi connectivity index (χ2v) is 8.65. The third-order valence-corrected chi connectivity index (χ3v) is 6.23. The van der Waals surface area contributed by atoms with Crippen LogP contribution in [0.4, 0.5) is 0 Å². The van der Waals surface area contributed by atoms with Crippen molar-refractivity contribution in [3.05, 3.63) is 27.7 Å². The molecule has 1 fully saturated rings. The number of amides is 1. The van der Waals surface area contributed by atoms with Gasteiger partial charge in [0, 0.05) is 13.1 Å². The number of carbonyl (C=O) groups is 2. The molecule has 0 aliphatic carbocycles. The van der Waals surface area contributed by atoms with Gasteiger partial charge in [-0.25, -0.2) is 13.2 Å². The molecule has 0 bridgehead atoms. The first-order valence-electron chi connectivity index (χ1n) is 7.31. The highest BCUT2D eigenvalue weighted by atomic mass is 35.5. The third-order valence-electron chi connectivity index (χ3n) is 3.91. The van der Waals surface area contributed by atoms with Crippen LogP contribution in [0.2, 0.25) is 10.0 Å². The molecule has 1 saturated heterocycles. The Bertz CT molecular complexity index is 772. The number of esters is 1. The Morgan fingerprint density at radius 2 is 1.88 bits per heavy atom. The minimum absolute atomic E-state index is 0.0535. The van der Waals surface area contributed by atoms with Crippen molar-refractivity contribution < 1.29 is 27.5 Å². The summed E-state index contributed by atoms with van der Waals surface area (Å²) in [5.41, 5.74) is 0.0784. The summed E-state index contributed by atoms with van der Waals surface area (Å²) in [6, 6.07) is 2.25. The summed E-state index contributed by atoms with van der Waals surface area (Å²) in [5, 5.41) is 0.281.